The summed E-state index contributed by atoms with van der Waals surface area (Å²) in [5, 5.41) is 3.69. The number of nitrogens with zero attached hydrogens (tertiary/aromatic N) is 1. The average Bonchev–Trinajstić information content (AvgIpc) is 2.49. The zero-order valence-electron chi connectivity index (χ0n) is 11.0. The van der Waals surface area contributed by atoms with Crippen LogP contribution in [-0.2, 0) is 4.74 Å². The summed E-state index contributed by atoms with van der Waals surface area (Å²) in [5.41, 5.74) is 0. The summed E-state index contributed by atoms with van der Waals surface area (Å²) >= 11 is 0. The minimum Gasteiger partial charge on any atom is -0.385 e. The van der Waals surface area contributed by atoms with Crippen LogP contribution in [0.15, 0.2) is 0 Å². The van der Waals surface area contributed by atoms with Crippen molar-refractivity contribution in [3.63, 3.8) is 0 Å². The molecule has 0 aromatic rings. The fraction of sp³-hybridized carbons (Fsp3) is 1.00. The van der Waals surface area contributed by atoms with E-state index in [2.05, 4.69) is 17.3 Å². The van der Waals surface area contributed by atoms with Crippen LogP contribution in [0, 0.1) is 0 Å². The molecule has 16 heavy (non-hydrogen) atoms. The molecule has 1 saturated heterocycles. The molecule has 0 spiro atoms. The maximum absolute atomic E-state index is 5.04. The predicted octanol–water partition coefficient (Wildman–Crippen LogP) is 1.88. The first-order valence-corrected chi connectivity index (χ1v) is 6.74. The van der Waals surface area contributed by atoms with Crippen LogP contribution in [0.25, 0.3) is 0 Å². The first kappa shape index (κ1) is 13.9. The summed E-state index contributed by atoms with van der Waals surface area (Å²) < 4.78 is 5.04. The van der Waals surface area contributed by atoms with Crippen molar-refractivity contribution in [1.82, 2.24) is 10.2 Å². The smallest absolute Gasteiger partial charge is 0.0462 e. The van der Waals surface area contributed by atoms with Crippen LogP contribution in [0.1, 0.15) is 38.5 Å². The number of rotatable bonds is 7. The lowest BCUT2D eigenvalue weighted by molar-refractivity contribution is 0.192. The van der Waals surface area contributed by atoms with Crippen molar-refractivity contribution in [3.05, 3.63) is 0 Å². The molecule has 0 radical (unpaired) electrons. The Morgan fingerprint density at radius 2 is 2.06 bits per heavy atom. The molecule has 0 amide bonds. The molecule has 1 rings (SSSR count). The molecule has 3 heteroatoms. The maximum Gasteiger partial charge on any atom is 0.0462 e. The van der Waals surface area contributed by atoms with Crippen LogP contribution in [0.4, 0.5) is 0 Å². The van der Waals surface area contributed by atoms with E-state index in [0.717, 1.165) is 12.6 Å². The minimum absolute atomic E-state index is 0.757. The summed E-state index contributed by atoms with van der Waals surface area (Å²) in [4.78, 5) is 2.44. The fourth-order valence-electron chi connectivity index (χ4n) is 2.30. The Kier molecular flexibility index (Phi) is 7.81. The van der Waals surface area contributed by atoms with Crippen LogP contribution < -0.4 is 5.32 Å². The van der Waals surface area contributed by atoms with Gasteiger partial charge in [0.1, 0.15) is 0 Å². The van der Waals surface area contributed by atoms with E-state index in [0.29, 0.717) is 0 Å². The molecule has 1 atom stereocenters. The highest BCUT2D eigenvalue weighted by molar-refractivity contribution is 4.73. The molecule has 1 heterocycles. The second-order valence-electron chi connectivity index (χ2n) is 4.94. The van der Waals surface area contributed by atoms with Crippen LogP contribution in [-0.4, -0.2) is 51.3 Å². The Morgan fingerprint density at radius 1 is 1.19 bits per heavy atom. The molecule has 1 fully saturated rings. The lowest BCUT2D eigenvalue weighted by atomic mass is 10.1. The third kappa shape index (κ3) is 6.46. The number of nitrogens with one attached hydrogen (secondary N) is 1. The van der Waals surface area contributed by atoms with Gasteiger partial charge in [-0.3, -0.25) is 0 Å². The van der Waals surface area contributed by atoms with Crippen molar-refractivity contribution in [1.29, 1.82) is 0 Å². The molecule has 0 aromatic carbocycles. The molecule has 0 aliphatic carbocycles. The van der Waals surface area contributed by atoms with E-state index in [9.17, 15) is 0 Å². The molecule has 0 aromatic heterocycles. The summed E-state index contributed by atoms with van der Waals surface area (Å²) in [5.74, 6) is 0. The number of methoxy groups -OCH3 is 1. The van der Waals surface area contributed by atoms with Crippen LogP contribution in [0.5, 0.6) is 0 Å². The van der Waals surface area contributed by atoms with Gasteiger partial charge in [0, 0.05) is 19.8 Å². The Hall–Kier alpha value is -0.120. The molecule has 96 valence electrons. The standard InChI is InChI=1S/C13H28N2O/c1-15-10-6-7-13(8-11-15)14-9-4-3-5-12-16-2/h13-14H,3-12H2,1-2H3. The van der Waals surface area contributed by atoms with Crippen molar-refractivity contribution in [2.45, 2.75) is 44.6 Å². The lowest BCUT2D eigenvalue weighted by Gasteiger charge is -2.16. The fourth-order valence-corrected chi connectivity index (χ4v) is 2.30. The van der Waals surface area contributed by atoms with Crippen molar-refractivity contribution in [2.24, 2.45) is 0 Å². The van der Waals surface area contributed by atoms with Crippen LogP contribution in [0.2, 0.25) is 0 Å². The maximum atomic E-state index is 5.04. The van der Waals surface area contributed by atoms with Crippen molar-refractivity contribution >= 4 is 0 Å². The van der Waals surface area contributed by atoms with Gasteiger partial charge in [0.05, 0.1) is 0 Å². The van der Waals surface area contributed by atoms with E-state index in [1.54, 1.807) is 7.11 Å². The van der Waals surface area contributed by atoms with Gasteiger partial charge in [-0.25, -0.2) is 0 Å². The number of likely N-dealkylation sites (tertiary alicyclic amines) is 1. The van der Waals surface area contributed by atoms with E-state index in [4.69, 9.17) is 4.74 Å². The third-order valence-corrected chi connectivity index (χ3v) is 3.41. The van der Waals surface area contributed by atoms with Crippen molar-refractivity contribution < 1.29 is 4.74 Å². The zero-order valence-corrected chi connectivity index (χ0v) is 11.0. The predicted molar refractivity (Wildman–Crippen MR) is 68.9 cm³/mol. The summed E-state index contributed by atoms with van der Waals surface area (Å²) in [6.07, 6.45) is 7.78. The Balaban J connectivity index is 1.95. The topological polar surface area (TPSA) is 24.5 Å². The van der Waals surface area contributed by atoms with Gasteiger partial charge in [-0.05, 0) is 65.2 Å². The van der Waals surface area contributed by atoms with Crippen LogP contribution >= 0.6 is 0 Å². The molecule has 1 aliphatic heterocycles. The molecule has 1 aliphatic rings. The van der Waals surface area contributed by atoms with Crippen molar-refractivity contribution in [2.75, 3.05) is 40.4 Å². The van der Waals surface area contributed by atoms with Crippen molar-refractivity contribution in [3.8, 4) is 0 Å². The Morgan fingerprint density at radius 3 is 2.88 bits per heavy atom. The number of hydrogen-bond acceptors (Lipinski definition) is 3. The molecular formula is C13H28N2O. The zero-order chi connectivity index (χ0) is 11.6. The van der Waals surface area contributed by atoms with Gasteiger partial charge in [-0.1, -0.05) is 0 Å². The number of hydrogen-bond donors (Lipinski definition) is 1. The Bertz CT molecular complexity index is 164. The highest BCUT2D eigenvalue weighted by Crippen LogP contribution is 2.09. The van der Waals surface area contributed by atoms with E-state index >= 15 is 0 Å². The highest BCUT2D eigenvalue weighted by atomic mass is 16.5. The first-order chi connectivity index (χ1) is 7.83. The van der Waals surface area contributed by atoms with Gasteiger partial charge in [0.15, 0.2) is 0 Å². The van der Waals surface area contributed by atoms with Gasteiger partial charge in [-0.15, -0.1) is 0 Å². The minimum atomic E-state index is 0.757. The molecule has 0 bridgehead atoms. The molecule has 1 unspecified atom stereocenters. The summed E-state index contributed by atoms with van der Waals surface area (Å²) in [6.45, 7) is 4.61. The number of unbranched alkanes of at least 4 members (excludes halogenated alkanes) is 2. The largest absolute Gasteiger partial charge is 0.385 e. The molecular weight excluding hydrogens is 200 g/mol. The van der Waals surface area contributed by atoms with Crippen LogP contribution in [0.3, 0.4) is 0 Å². The lowest BCUT2D eigenvalue weighted by Crippen LogP contribution is -2.31. The van der Waals surface area contributed by atoms with E-state index in [1.807, 2.05) is 0 Å². The van der Waals surface area contributed by atoms with Gasteiger partial charge >= 0.3 is 0 Å². The summed E-state index contributed by atoms with van der Waals surface area (Å²) in [7, 11) is 4.01. The van der Waals surface area contributed by atoms with Gasteiger partial charge in [-0.2, -0.15) is 0 Å². The average molecular weight is 228 g/mol. The first-order valence-electron chi connectivity index (χ1n) is 6.74. The SMILES string of the molecule is COCCCCCNC1CCCN(C)CC1. The van der Waals surface area contributed by atoms with E-state index < -0.39 is 0 Å². The van der Waals surface area contributed by atoms with Gasteiger partial charge in [0.2, 0.25) is 0 Å². The van der Waals surface area contributed by atoms with E-state index in [1.165, 1.54) is 58.2 Å². The van der Waals surface area contributed by atoms with Gasteiger partial charge in [0.25, 0.3) is 0 Å². The third-order valence-electron chi connectivity index (χ3n) is 3.41. The second kappa shape index (κ2) is 8.97. The number of ether oxygens (including phenoxy) is 1. The Labute approximate surface area is 101 Å². The van der Waals surface area contributed by atoms with Gasteiger partial charge < -0.3 is 15.0 Å². The molecule has 1 N–H and O–H groups in total. The molecule has 0 saturated carbocycles. The molecule has 3 nitrogen and oxygen atoms in total. The highest BCUT2D eigenvalue weighted by Gasteiger charge is 2.13. The monoisotopic (exact) mass is 228 g/mol. The normalized spacial score (nSPS) is 23.2. The van der Waals surface area contributed by atoms with E-state index in [-0.39, 0.29) is 0 Å². The second-order valence-corrected chi connectivity index (χ2v) is 4.94. The summed E-state index contributed by atoms with van der Waals surface area (Å²) in [6, 6.07) is 0.757. The quantitative estimate of drug-likeness (QED) is 0.673.